The molecule has 0 radical (unpaired) electrons. The number of carbonyl (C=O) groups is 2. The van der Waals surface area contributed by atoms with Crippen molar-refractivity contribution in [2.24, 2.45) is 5.92 Å². The van der Waals surface area contributed by atoms with Gasteiger partial charge < -0.3 is 15.1 Å². The van der Waals surface area contributed by atoms with Crippen LogP contribution in [0.3, 0.4) is 0 Å². The number of piperidine rings is 1. The van der Waals surface area contributed by atoms with Crippen LogP contribution in [0.2, 0.25) is 5.02 Å². The van der Waals surface area contributed by atoms with Gasteiger partial charge in [0.1, 0.15) is 12.0 Å². The highest BCUT2D eigenvalue weighted by atomic mass is 79.9. The van der Waals surface area contributed by atoms with E-state index in [1.807, 2.05) is 61.5 Å². The minimum absolute atomic E-state index is 0.0694. The van der Waals surface area contributed by atoms with E-state index in [0.29, 0.717) is 32.4 Å². The fourth-order valence-electron chi connectivity index (χ4n) is 7.03. The molecule has 12 heteroatoms. The summed E-state index contributed by atoms with van der Waals surface area (Å²) in [6.45, 7) is 6.64. The lowest BCUT2D eigenvalue weighted by Crippen LogP contribution is -2.47. The van der Waals surface area contributed by atoms with E-state index >= 15 is 0 Å². The molecule has 2 aromatic heterocycles. The smallest absolute Gasteiger partial charge is 0.333 e. The third kappa shape index (κ3) is 6.59. The number of benzene rings is 3. The molecule has 7 rings (SSSR count). The Kier molecular flexibility index (Phi) is 9.61. The Balaban J connectivity index is 1.26. The first-order valence-corrected chi connectivity index (χ1v) is 17.9. The van der Waals surface area contributed by atoms with Gasteiger partial charge in [0.15, 0.2) is 0 Å². The van der Waals surface area contributed by atoms with E-state index in [9.17, 15) is 14.4 Å². The van der Waals surface area contributed by atoms with Gasteiger partial charge in [-0.05, 0) is 95.7 Å². The third-order valence-electron chi connectivity index (χ3n) is 9.63. The van der Waals surface area contributed by atoms with Crippen LogP contribution in [0, 0.1) is 5.92 Å². The number of nitrogens with zero attached hydrogens (tertiary/aromatic N) is 6. The van der Waals surface area contributed by atoms with Gasteiger partial charge in [0.05, 0.1) is 28.6 Å². The zero-order valence-corrected chi connectivity index (χ0v) is 30.2. The van der Waals surface area contributed by atoms with E-state index in [1.165, 1.54) is 17.3 Å². The van der Waals surface area contributed by atoms with Gasteiger partial charge in [-0.15, -0.1) is 0 Å². The first-order valence-electron chi connectivity index (χ1n) is 16.8. The number of nitrogens with one attached hydrogen (secondary N) is 1. The Labute approximate surface area is 303 Å². The van der Waals surface area contributed by atoms with Crippen molar-refractivity contribution in [3.63, 3.8) is 0 Å². The summed E-state index contributed by atoms with van der Waals surface area (Å²) in [6, 6.07) is 22.1. The van der Waals surface area contributed by atoms with Gasteiger partial charge in [-0.25, -0.2) is 14.8 Å². The Morgan fingerprint density at radius 1 is 1.00 bits per heavy atom. The average Bonchev–Trinajstić information content (AvgIpc) is 3.42. The van der Waals surface area contributed by atoms with Gasteiger partial charge in [-0.3, -0.25) is 18.7 Å². The summed E-state index contributed by atoms with van der Waals surface area (Å²) in [5.41, 5.74) is 4.92. The molecular formula is C38H37BrClN7O3. The van der Waals surface area contributed by atoms with Crippen LogP contribution in [0.25, 0.3) is 16.9 Å². The monoisotopic (exact) mass is 753 g/mol. The van der Waals surface area contributed by atoms with Crippen molar-refractivity contribution in [2.75, 3.05) is 18.0 Å². The van der Waals surface area contributed by atoms with Gasteiger partial charge in [-0.1, -0.05) is 42.8 Å². The van der Waals surface area contributed by atoms with Crippen molar-refractivity contribution >= 4 is 45.0 Å². The summed E-state index contributed by atoms with van der Waals surface area (Å²) in [5.74, 6) is -0.0420. The van der Waals surface area contributed by atoms with Gasteiger partial charge >= 0.3 is 5.69 Å². The number of anilines is 1. The highest BCUT2D eigenvalue weighted by Gasteiger charge is 2.35. The maximum Gasteiger partial charge on any atom is 0.333 e. The first kappa shape index (κ1) is 33.7. The van der Waals surface area contributed by atoms with E-state index in [-0.39, 0.29) is 43.0 Å². The second kappa shape index (κ2) is 14.2. The molecular weight excluding hydrogens is 718 g/mol. The van der Waals surface area contributed by atoms with Crippen molar-refractivity contribution in [2.45, 2.75) is 52.4 Å². The number of halogens is 2. The van der Waals surface area contributed by atoms with Crippen LogP contribution >= 0.6 is 27.5 Å². The van der Waals surface area contributed by atoms with E-state index in [4.69, 9.17) is 11.6 Å². The standard InChI is InChI=1S/C38H37BrClN7O3/c1-24-6-5-17-44(20-24)28-10-12-29(13-11-28)47-35(36(48)42-19-27-7-3-4-8-30(27)33-15-16-41-23-43-33)34-22-45(25(2)21-46(34)38(47)50)37(49)26-9-14-31(39)32(40)18-26/h3-4,7-16,18,23-25H,5-6,17,19-22H2,1-2H3,(H,42,48)/t24-,25?/m1/s1. The van der Waals surface area contributed by atoms with E-state index < -0.39 is 5.91 Å². The van der Waals surface area contributed by atoms with Gasteiger partial charge in [-0.2, -0.15) is 0 Å². The number of amides is 2. The lowest BCUT2D eigenvalue weighted by molar-refractivity contribution is 0.0610. The number of rotatable bonds is 7. The van der Waals surface area contributed by atoms with Crippen molar-refractivity contribution in [3.05, 3.63) is 128 Å². The van der Waals surface area contributed by atoms with Crippen molar-refractivity contribution in [1.29, 1.82) is 0 Å². The molecule has 2 atom stereocenters. The molecule has 0 bridgehead atoms. The number of fused-ring (bicyclic) bond motifs is 1. The molecule has 50 heavy (non-hydrogen) atoms. The zero-order chi connectivity index (χ0) is 34.9. The summed E-state index contributed by atoms with van der Waals surface area (Å²) in [6.07, 6.45) is 5.52. The zero-order valence-electron chi connectivity index (χ0n) is 27.9. The molecule has 256 valence electrons. The van der Waals surface area contributed by atoms with Gasteiger partial charge in [0.2, 0.25) is 0 Å². The second-order valence-corrected chi connectivity index (χ2v) is 14.3. The maximum atomic E-state index is 14.4. The minimum Gasteiger partial charge on any atom is -0.371 e. The van der Waals surface area contributed by atoms with Crippen LogP contribution in [-0.4, -0.2) is 54.9 Å². The Bertz CT molecular complexity index is 2120. The molecule has 0 spiro atoms. The van der Waals surface area contributed by atoms with Crippen LogP contribution < -0.4 is 15.9 Å². The molecule has 0 saturated carbocycles. The minimum atomic E-state index is -0.420. The Morgan fingerprint density at radius 3 is 2.52 bits per heavy atom. The topological polar surface area (TPSA) is 105 Å². The lowest BCUT2D eigenvalue weighted by Gasteiger charge is -2.34. The maximum absolute atomic E-state index is 14.4. The molecule has 1 unspecified atom stereocenters. The summed E-state index contributed by atoms with van der Waals surface area (Å²) < 4.78 is 3.81. The fourth-order valence-corrected chi connectivity index (χ4v) is 7.45. The molecule has 5 aromatic rings. The predicted octanol–water partition coefficient (Wildman–Crippen LogP) is 6.72. The normalized spacial score (nSPS) is 17.4. The van der Waals surface area contributed by atoms with E-state index in [0.717, 1.165) is 42.0 Å². The summed E-state index contributed by atoms with van der Waals surface area (Å²) in [7, 11) is 0. The number of hydrogen-bond donors (Lipinski definition) is 1. The molecule has 10 nitrogen and oxygen atoms in total. The van der Waals surface area contributed by atoms with Crippen LogP contribution in [0.5, 0.6) is 0 Å². The van der Waals surface area contributed by atoms with E-state index in [1.54, 1.807) is 33.9 Å². The highest BCUT2D eigenvalue weighted by Crippen LogP contribution is 2.29. The number of carbonyl (C=O) groups excluding carboxylic acids is 2. The molecule has 1 saturated heterocycles. The molecule has 2 aliphatic heterocycles. The molecule has 2 amide bonds. The summed E-state index contributed by atoms with van der Waals surface area (Å²) in [5, 5.41) is 3.50. The number of hydrogen-bond acceptors (Lipinski definition) is 6. The van der Waals surface area contributed by atoms with E-state index in [2.05, 4.69) is 43.0 Å². The molecule has 1 N–H and O–H groups in total. The lowest BCUT2D eigenvalue weighted by atomic mass is 10.00. The number of aromatic nitrogens is 4. The van der Waals surface area contributed by atoms with Crippen LogP contribution in [0.4, 0.5) is 5.69 Å². The van der Waals surface area contributed by atoms with Crippen LogP contribution in [0.15, 0.2) is 94.6 Å². The van der Waals surface area contributed by atoms with Crippen LogP contribution in [-0.2, 0) is 19.6 Å². The fraction of sp³-hybridized carbons (Fsp3) is 0.289. The summed E-state index contributed by atoms with van der Waals surface area (Å²) in [4.78, 5) is 55.0. The van der Waals surface area contributed by atoms with Crippen molar-refractivity contribution < 1.29 is 9.59 Å². The molecule has 1 fully saturated rings. The highest BCUT2D eigenvalue weighted by molar-refractivity contribution is 9.10. The Hall–Kier alpha value is -4.74. The average molecular weight is 755 g/mol. The van der Waals surface area contributed by atoms with Crippen molar-refractivity contribution in [3.8, 4) is 16.9 Å². The van der Waals surface area contributed by atoms with Gasteiger partial charge in [0, 0.05) is 59.7 Å². The number of imidazole rings is 1. The molecule has 4 heterocycles. The SMILES string of the molecule is CC1Cn2c(c(C(=O)NCc3ccccc3-c3ccncn3)n(-c3ccc(N4CCC[C@@H](C)C4)cc3)c2=O)CN1C(=O)c1ccc(Br)c(Cl)c1. The molecule has 3 aromatic carbocycles. The Morgan fingerprint density at radius 2 is 1.78 bits per heavy atom. The van der Waals surface area contributed by atoms with Crippen LogP contribution in [0.1, 0.15) is 58.8 Å². The predicted molar refractivity (Wildman–Crippen MR) is 198 cm³/mol. The van der Waals surface area contributed by atoms with Gasteiger partial charge in [0.25, 0.3) is 11.8 Å². The van der Waals surface area contributed by atoms with Crippen molar-refractivity contribution in [1.82, 2.24) is 29.3 Å². The largest absolute Gasteiger partial charge is 0.371 e. The quantitative estimate of drug-likeness (QED) is 0.198. The first-order chi connectivity index (χ1) is 24.2. The summed E-state index contributed by atoms with van der Waals surface area (Å²) >= 11 is 9.74. The third-order valence-corrected chi connectivity index (χ3v) is 10.9. The molecule has 2 aliphatic rings. The molecule has 0 aliphatic carbocycles. The second-order valence-electron chi connectivity index (χ2n) is 13.1.